The second-order valence-corrected chi connectivity index (χ2v) is 4.89. The van der Waals surface area contributed by atoms with E-state index >= 15 is 0 Å². The third-order valence-corrected chi connectivity index (χ3v) is 3.31. The first kappa shape index (κ1) is 15.3. The molecule has 0 amide bonds. The smallest absolute Gasteiger partial charge is 0.275 e. The lowest BCUT2D eigenvalue weighted by atomic mass is 10.1. The van der Waals surface area contributed by atoms with Crippen LogP contribution in [0.3, 0.4) is 0 Å². The van der Waals surface area contributed by atoms with E-state index in [0.29, 0.717) is 12.2 Å². The third-order valence-electron chi connectivity index (χ3n) is 3.31. The molecule has 21 heavy (non-hydrogen) atoms. The van der Waals surface area contributed by atoms with Gasteiger partial charge >= 0.3 is 0 Å². The molecular weight excluding hydrogens is 266 g/mol. The quantitative estimate of drug-likeness (QED) is 0.797. The molecule has 0 aliphatic heterocycles. The van der Waals surface area contributed by atoms with Gasteiger partial charge in [-0.25, -0.2) is 0 Å². The minimum Gasteiger partial charge on any atom is -0.506 e. The molecule has 0 aliphatic carbocycles. The molecule has 1 heterocycles. The summed E-state index contributed by atoms with van der Waals surface area (Å²) in [5, 5.41) is 17.4. The van der Waals surface area contributed by atoms with Crippen molar-refractivity contribution in [2.24, 2.45) is 0 Å². The van der Waals surface area contributed by atoms with Crippen LogP contribution in [0, 0.1) is 0 Å². The highest BCUT2D eigenvalue weighted by Gasteiger charge is 2.11. The van der Waals surface area contributed by atoms with Gasteiger partial charge in [-0.1, -0.05) is 32.0 Å². The minimum atomic E-state index is -0.326. The monoisotopic (exact) mass is 287 g/mol. The Hall–Kier alpha value is -2.14. The first-order chi connectivity index (χ1) is 10.2. The maximum absolute atomic E-state index is 12.1. The number of benzene rings is 1. The Bertz CT molecular complexity index is 665. The average molecular weight is 287 g/mol. The highest BCUT2D eigenvalue weighted by Crippen LogP contribution is 2.15. The van der Waals surface area contributed by atoms with Crippen LogP contribution in [0.15, 0.2) is 35.1 Å². The van der Waals surface area contributed by atoms with E-state index in [1.807, 2.05) is 31.2 Å². The van der Waals surface area contributed by atoms with Crippen molar-refractivity contribution in [3.63, 3.8) is 0 Å². The summed E-state index contributed by atoms with van der Waals surface area (Å²) < 4.78 is 1.36. The van der Waals surface area contributed by atoms with Crippen LogP contribution in [0.2, 0.25) is 0 Å². The van der Waals surface area contributed by atoms with E-state index in [2.05, 4.69) is 17.3 Å². The van der Waals surface area contributed by atoms with E-state index in [1.54, 1.807) is 0 Å². The molecule has 0 spiro atoms. The van der Waals surface area contributed by atoms with Gasteiger partial charge in [0.1, 0.15) is 11.4 Å². The van der Waals surface area contributed by atoms with Crippen molar-refractivity contribution in [2.45, 2.75) is 33.2 Å². The molecule has 0 bridgehead atoms. The summed E-state index contributed by atoms with van der Waals surface area (Å²) in [7, 11) is 0. The molecule has 1 aromatic heterocycles. The van der Waals surface area contributed by atoms with Gasteiger partial charge in [0.2, 0.25) is 0 Å². The zero-order valence-electron chi connectivity index (χ0n) is 12.5. The van der Waals surface area contributed by atoms with Gasteiger partial charge in [0.25, 0.3) is 5.56 Å². The van der Waals surface area contributed by atoms with E-state index in [4.69, 9.17) is 0 Å². The molecule has 0 aliphatic rings. The fourth-order valence-electron chi connectivity index (χ4n) is 2.18. The van der Waals surface area contributed by atoms with Crippen molar-refractivity contribution < 1.29 is 5.11 Å². The van der Waals surface area contributed by atoms with Crippen molar-refractivity contribution in [1.82, 2.24) is 15.1 Å². The number of rotatable bonds is 6. The first-order valence-electron chi connectivity index (χ1n) is 7.28. The van der Waals surface area contributed by atoms with Crippen molar-refractivity contribution in [1.29, 1.82) is 0 Å². The number of aromatic nitrogens is 2. The summed E-state index contributed by atoms with van der Waals surface area (Å²) in [5.74, 6) is -0.0613. The standard InChI is InChI=1S/C16H21N3O2/c1-3-9-17-11-13-15(20)10-16(21)19(18-13)14-8-6-5-7-12(14)4-2/h5-8,10,17,20H,3-4,9,11H2,1-2H3. The van der Waals surface area contributed by atoms with Gasteiger partial charge in [0.15, 0.2) is 0 Å². The number of hydrogen-bond donors (Lipinski definition) is 2. The van der Waals surface area contributed by atoms with E-state index < -0.39 is 0 Å². The Kier molecular flexibility index (Phi) is 5.11. The van der Waals surface area contributed by atoms with E-state index in [-0.39, 0.29) is 11.3 Å². The Balaban J connectivity index is 2.44. The lowest BCUT2D eigenvalue weighted by Crippen LogP contribution is -2.25. The number of aryl methyl sites for hydroxylation is 1. The predicted molar refractivity (Wildman–Crippen MR) is 82.9 cm³/mol. The molecule has 5 nitrogen and oxygen atoms in total. The molecule has 0 atom stereocenters. The molecule has 1 aromatic carbocycles. The summed E-state index contributed by atoms with van der Waals surface area (Å²) in [5.41, 5.74) is 1.97. The van der Waals surface area contributed by atoms with Crippen LogP contribution < -0.4 is 10.9 Å². The molecule has 0 saturated carbocycles. The zero-order valence-corrected chi connectivity index (χ0v) is 12.5. The van der Waals surface area contributed by atoms with Gasteiger partial charge in [-0.05, 0) is 31.0 Å². The van der Waals surface area contributed by atoms with E-state index in [1.165, 1.54) is 10.7 Å². The third kappa shape index (κ3) is 3.49. The fourth-order valence-corrected chi connectivity index (χ4v) is 2.18. The molecular formula is C16H21N3O2. The number of nitrogens with one attached hydrogen (secondary N) is 1. The highest BCUT2D eigenvalue weighted by molar-refractivity contribution is 5.41. The lowest BCUT2D eigenvalue weighted by Gasteiger charge is -2.12. The fraction of sp³-hybridized carbons (Fsp3) is 0.375. The summed E-state index contributed by atoms with van der Waals surface area (Å²) in [6.45, 7) is 5.38. The molecule has 2 N–H and O–H groups in total. The van der Waals surface area contributed by atoms with Crippen LogP contribution >= 0.6 is 0 Å². The highest BCUT2D eigenvalue weighted by atomic mass is 16.3. The second kappa shape index (κ2) is 7.04. The average Bonchev–Trinajstić information content (AvgIpc) is 2.49. The zero-order chi connectivity index (χ0) is 15.2. The summed E-state index contributed by atoms with van der Waals surface area (Å²) >= 11 is 0. The maximum atomic E-state index is 12.1. The van der Waals surface area contributed by atoms with Crippen LogP contribution in [0.5, 0.6) is 5.75 Å². The SMILES string of the molecule is CCCNCc1nn(-c2ccccc2CC)c(=O)cc1O. The number of aromatic hydroxyl groups is 1. The Morgan fingerprint density at radius 3 is 2.76 bits per heavy atom. The number of hydrogen-bond acceptors (Lipinski definition) is 4. The molecule has 0 saturated heterocycles. The Morgan fingerprint density at radius 2 is 2.05 bits per heavy atom. The molecule has 0 fully saturated rings. The van der Waals surface area contributed by atoms with Gasteiger partial charge < -0.3 is 10.4 Å². The van der Waals surface area contributed by atoms with Crippen molar-refractivity contribution in [3.05, 3.63) is 51.9 Å². The Labute approximate surface area is 124 Å². The molecule has 0 unspecified atom stereocenters. The molecule has 2 aromatic rings. The normalized spacial score (nSPS) is 10.8. The van der Waals surface area contributed by atoms with Gasteiger partial charge in [-0.15, -0.1) is 0 Å². The molecule has 5 heteroatoms. The van der Waals surface area contributed by atoms with E-state index in [0.717, 1.165) is 30.6 Å². The van der Waals surface area contributed by atoms with Crippen molar-refractivity contribution in [3.8, 4) is 11.4 Å². The maximum Gasteiger partial charge on any atom is 0.275 e. The summed E-state index contributed by atoms with van der Waals surface area (Å²) in [6.07, 6.45) is 1.81. The summed E-state index contributed by atoms with van der Waals surface area (Å²) in [6, 6.07) is 8.89. The van der Waals surface area contributed by atoms with Crippen LogP contribution in [0.4, 0.5) is 0 Å². The van der Waals surface area contributed by atoms with Crippen molar-refractivity contribution >= 4 is 0 Å². The van der Waals surface area contributed by atoms with Gasteiger partial charge in [0.05, 0.1) is 5.69 Å². The first-order valence-corrected chi connectivity index (χ1v) is 7.28. The van der Waals surface area contributed by atoms with Gasteiger partial charge in [-0.2, -0.15) is 9.78 Å². The predicted octanol–water partition coefficient (Wildman–Crippen LogP) is 2.00. The number of nitrogens with zero attached hydrogens (tertiary/aromatic N) is 2. The topological polar surface area (TPSA) is 67.2 Å². The van der Waals surface area contributed by atoms with Gasteiger partial charge in [0, 0.05) is 12.6 Å². The van der Waals surface area contributed by atoms with Crippen LogP contribution in [-0.2, 0) is 13.0 Å². The molecule has 0 radical (unpaired) electrons. The minimum absolute atomic E-state index is 0.0613. The van der Waals surface area contributed by atoms with Crippen LogP contribution in [-0.4, -0.2) is 21.4 Å². The van der Waals surface area contributed by atoms with Crippen molar-refractivity contribution in [2.75, 3.05) is 6.54 Å². The molecule has 112 valence electrons. The van der Waals surface area contributed by atoms with Crippen LogP contribution in [0.25, 0.3) is 5.69 Å². The Morgan fingerprint density at radius 1 is 1.29 bits per heavy atom. The van der Waals surface area contributed by atoms with E-state index in [9.17, 15) is 9.90 Å². The summed E-state index contributed by atoms with van der Waals surface area (Å²) in [4.78, 5) is 12.1. The molecule has 2 rings (SSSR count). The van der Waals surface area contributed by atoms with Crippen LogP contribution in [0.1, 0.15) is 31.5 Å². The largest absolute Gasteiger partial charge is 0.506 e. The number of para-hydroxylation sites is 1. The second-order valence-electron chi connectivity index (χ2n) is 4.89. The lowest BCUT2D eigenvalue weighted by molar-refractivity contribution is 0.451. The van der Waals surface area contributed by atoms with Gasteiger partial charge in [-0.3, -0.25) is 4.79 Å².